The van der Waals surface area contributed by atoms with Gasteiger partial charge in [0.25, 0.3) is 5.56 Å². The summed E-state index contributed by atoms with van der Waals surface area (Å²) in [5, 5.41) is 1.73. The summed E-state index contributed by atoms with van der Waals surface area (Å²) in [6.07, 6.45) is 0. The van der Waals surface area contributed by atoms with Crippen molar-refractivity contribution in [1.82, 2.24) is 19.1 Å². The number of halogens is 1. The van der Waals surface area contributed by atoms with E-state index in [-0.39, 0.29) is 5.56 Å². The van der Waals surface area contributed by atoms with Crippen LogP contribution in [0.5, 0.6) is 0 Å². The highest BCUT2D eigenvalue weighted by molar-refractivity contribution is 7.98. The number of benzene rings is 2. The third kappa shape index (κ3) is 3.53. The van der Waals surface area contributed by atoms with Gasteiger partial charge in [-0.1, -0.05) is 35.5 Å². The molecule has 0 N–H and O–H groups in total. The molecule has 0 aliphatic carbocycles. The molecule has 0 bridgehead atoms. The van der Waals surface area contributed by atoms with Crippen molar-refractivity contribution in [3.8, 4) is 0 Å². The lowest BCUT2D eigenvalue weighted by atomic mass is 10.2. The summed E-state index contributed by atoms with van der Waals surface area (Å²) in [6.45, 7) is 0.867. The molecule has 4 rings (SSSR count). The van der Waals surface area contributed by atoms with Gasteiger partial charge in [0, 0.05) is 19.2 Å². The Bertz CT molecular complexity index is 1220. The standard InChI is InChI=1S/C20H19ClN4O2S/c1-24-17-6-4-3-5-15(17)22-18(24)12-28-20-23-16-11-13(21)7-8-14(16)19(26)25(20)9-10-27-2/h3-8,11H,9-10,12H2,1-2H3. The fourth-order valence-corrected chi connectivity index (χ4v) is 4.29. The highest BCUT2D eigenvalue weighted by Gasteiger charge is 2.14. The lowest BCUT2D eigenvalue weighted by molar-refractivity contribution is 0.183. The predicted molar refractivity (Wildman–Crippen MR) is 113 cm³/mol. The van der Waals surface area contributed by atoms with Gasteiger partial charge >= 0.3 is 0 Å². The Labute approximate surface area is 171 Å². The Morgan fingerprint density at radius 2 is 1.96 bits per heavy atom. The second-order valence-corrected chi connectivity index (χ2v) is 7.75. The molecule has 0 radical (unpaired) electrons. The van der Waals surface area contributed by atoms with Crippen LogP contribution in [0.1, 0.15) is 5.82 Å². The van der Waals surface area contributed by atoms with Crippen molar-refractivity contribution >= 4 is 45.3 Å². The van der Waals surface area contributed by atoms with E-state index in [0.717, 1.165) is 16.9 Å². The SMILES string of the molecule is COCCn1c(SCc2nc3ccccc3n2C)nc2cc(Cl)ccc2c1=O. The zero-order valence-electron chi connectivity index (χ0n) is 15.6. The van der Waals surface area contributed by atoms with Gasteiger partial charge in [-0.15, -0.1) is 0 Å². The van der Waals surface area contributed by atoms with Gasteiger partial charge in [0.05, 0.1) is 40.8 Å². The molecule has 28 heavy (non-hydrogen) atoms. The van der Waals surface area contributed by atoms with Crippen LogP contribution in [-0.2, 0) is 24.1 Å². The maximum absolute atomic E-state index is 13.0. The van der Waals surface area contributed by atoms with Crippen molar-refractivity contribution in [1.29, 1.82) is 0 Å². The summed E-state index contributed by atoms with van der Waals surface area (Å²) in [6, 6.07) is 13.2. The number of methoxy groups -OCH3 is 1. The minimum atomic E-state index is -0.0915. The third-order valence-corrected chi connectivity index (χ3v) is 5.82. The minimum absolute atomic E-state index is 0.0915. The molecular weight excluding hydrogens is 396 g/mol. The molecule has 6 nitrogen and oxygen atoms in total. The molecule has 0 aliphatic heterocycles. The highest BCUT2D eigenvalue weighted by Crippen LogP contribution is 2.25. The van der Waals surface area contributed by atoms with Crippen LogP contribution in [0.4, 0.5) is 0 Å². The number of hydrogen-bond donors (Lipinski definition) is 0. The maximum atomic E-state index is 13.0. The summed E-state index contributed by atoms with van der Waals surface area (Å²) in [5.74, 6) is 1.52. The molecule has 8 heteroatoms. The first kappa shape index (κ1) is 19.0. The van der Waals surface area contributed by atoms with Gasteiger partial charge in [0.1, 0.15) is 5.82 Å². The van der Waals surface area contributed by atoms with E-state index in [4.69, 9.17) is 26.3 Å². The van der Waals surface area contributed by atoms with Crippen LogP contribution >= 0.6 is 23.4 Å². The van der Waals surface area contributed by atoms with Crippen LogP contribution in [0.25, 0.3) is 21.9 Å². The van der Waals surface area contributed by atoms with E-state index < -0.39 is 0 Å². The van der Waals surface area contributed by atoms with E-state index in [2.05, 4.69) is 4.57 Å². The first-order chi connectivity index (χ1) is 13.6. The van der Waals surface area contributed by atoms with Crippen LogP contribution in [0, 0.1) is 0 Å². The number of fused-ring (bicyclic) bond motifs is 2. The van der Waals surface area contributed by atoms with Crippen LogP contribution < -0.4 is 5.56 Å². The van der Waals surface area contributed by atoms with Gasteiger partial charge in [-0.3, -0.25) is 9.36 Å². The summed E-state index contributed by atoms with van der Waals surface area (Å²) in [4.78, 5) is 22.4. The van der Waals surface area contributed by atoms with Crippen molar-refractivity contribution in [2.45, 2.75) is 17.5 Å². The molecule has 0 saturated carbocycles. The van der Waals surface area contributed by atoms with Gasteiger partial charge in [-0.25, -0.2) is 9.97 Å². The lowest BCUT2D eigenvalue weighted by Crippen LogP contribution is -2.25. The second kappa shape index (κ2) is 7.95. The largest absolute Gasteiger partial charge is 0.383 e. The average Bonchev–Trinajstić information content (AvgIpc) is 3.01. The summed E-state index contributed by atoms with van der Waals surface area (Å²) < 4.78 is 8.90. The molecule has 4 aromatic rings. The Kier molecular flexibility index (Phi) is 5.39. The normalized spacial score (nSPS) is 11.5. The number of rotatable bonds is 6. The fraction of sp³-hybridized carbons (Fsp3) is 0.250. The predicted octanol–water partition coefficient (Wildman–Crippen LogP) is 3.88. The lowest BCUT2D eigenvalue weighted by Gasteiger charge is -2.13. The number of ether oxygens (including phenoxy) is 1. The number of para-hydroxylation sites is 2. The number of nitrogens with zero attached hydrogens (tertiary/aromatic N) is 4. The number of aryl methyl sites for hydroxylation is 1. The molecule has 2 heterocycles. The van der Waals surface area contributed by atoms with Crippen molar-refractivity contribution < 1.29 is 4.74 Å². The second-order valence-electron chi connectivity index (χ2n) is 6.37. The number of imidazole rings is 1. The monoisotopic (exact) mass is 414 g/mol. The Morgan fingerprint density at radius 3 is 2.75 bits per heavy atom. The molecule has 0 amide bonds. The van der Waals surface area contributed by atoms with Crippen LogP contribution in [0.3, 0.4) is 0 Å². The zero-order valence-corrected chi connectivity index (χ0v) is 17.1. The molecule has 0 atom stereocenters. The molecule has 144 valence electrons. The summed E-state index contributed by atoms with van der Waals surface area (Å²) in [5.41, 5.74) is 2.54. The molecular formula is C20H19ClN4O2S. The van der Waals surface area contributed by atoms with Crippen LogP contribution in [-0.4, -0.2) is 32.8 Å². The van der Waals surface area contributed by atoms with E-state index in [1.165, 1.54) is 11.8 Å². The van der Waals surface area contributed by atoms with Gasteiger partial charge in [-0.2, -0.15) is 0 Å². The molecule has 0 aliphatic rings. The Hall–Kier alpha value is -2.35. The topological polar surface area (TPSA) is 61.9 Å². The van der Waals surface area contributed by atoms with E-state index in [9.17, 15) is 4.79 Å². The van der Waals surface area contributed by atoms with Gasteiger partial charge in [-0.05, 0) is 30.3 Å². The first-order valence-electron chi connectivity index (χ1n) is 8.80. The maximum Gasteiger partial charge on any atom is 0.262 e. The van der Waals surface area contributed by atoms with Crippen LogP contribution in [0.2, 0.25) is 5.02 Å². The minimum Gasteiger partial charge on any atom is -0.383 e. The van der Waals surface area contributed by atoms with E-state index in [1.54, 1.807) is 29.9 Å². The van der Waals surface area contributed by atoms with E-state index >= 15 is 0 Å². The number of thioether (sulfide) groups is 1. The van der Waals surface area contributed by atoms with Crippen molar-refractivity contribution in [3.05, 3.63) is 63.7 Å². The Balaban J connectivity index is 1.73. The van der Waals surface area contributed by atoms with Gasteiger partial charge in [0.2, 0.25) is 0 Å². The zero-order chi connectivity index (χ0) is 19.7. The highest BCUT2D eigenvalue weighted by atomic mass is 35.5. The molecule has 2 aromatic heterocycles. The van der Waals surface area contributed by atoms with Gasteiger partial charge in [0.15, 0.2) is 5.16 Å². The molecule has 2 aromatic carbocycles. The average molecular weight is 415 g/mol. The van der Waals surface area contributed by atoms with Gasteiger partial charge < -0.3 is 9.30 Å². The number of hydrogen-bond acceptors (Lipinski definition) is 5. The molecule has 0 unspecified atom stereocenters. The van der Waals surface area contributed by atoms with Crippen molar-refractivity contribution in [3.63, 3.8) is 0 Å². The van der Waals surface area contributed by atoms with Crippen LogP contribution in [0.15, 0.2) is 52.4 Å². The third-order valence-electron chi connectivity index (χ3n) is 4.61. The van der Waals surface area contributed by atoms with Crippen molar-refractivity contribution in [2.75, 3.05) is 13.7 Å². The smallest absolute Gasteiger partial charge is 0.262 e. The summed E-state index contributed by atoms with van der Waals surface area (Å²) in [7, 11) is 3.61. The molecule has 0 fully saturated rings. The first-order valence-corrected chi connectivity index (χ1v) is 10.2. The van der Waals surface area contributed by atoms with Crippen molar-refractivity contribution in [2.24, 2.45) is 7.05 Å². The molecule has 0 spiro atoms. The summed E-state index contributed by atoms with van der Waals surface area (Å²) >= 11 is 7.58. The molecule has 0 saturated heterocycles. The fourth-order valence-electron chi connectivity index (χ4n) is 3.12. The van der Waals surface area contributed by atoms with E-state index in [0.29, 0.717) is 40.0 Å². The Morgan fingerprint density at radius 1 is 1.14 bits per heavy atom. The number of aromatic nitrogens is 4. The quantitative estimate of drug-likeness (QED) is 0.354. The van der Waals surface area contributed by atoms with E-state index in [1.807, 2.05) is 31.3 Å².